The molecule has 3 aromatic heterocycles. The number of fused-ring (bicyclic) bond motifs is 6. The van der Waals surface area contributed by atoms with Crippen LogP contribution in [-0.2, 0) is 0 Å². The number of hydrogen-bond donors (Lipinski definition) is 4. The number of hydrogen-bond acceptors (Lipinski definition) is 6. The zero-order valence-corrected chi connectivity index (χ0v) is 18.6. The van der Waals surface area contributed by atoms with Crippen LogP contribution in [0.15, 0.2) is 104 Å². The zero-order valence-electron chi connectivity index (χ0n) is 18.6. The highest BCUT2D eigenvalue weighted by Gasteiger charge is 1.99. The molecule has 4 N–H and O–H groups in total. The maximum atomic E-state index is 12.9. The summed E-state index contributed by atoms with van der Waals surface area (Å²) in [6.07, 6.45) is 0. The highest BCUT2D eigenvalue weighted by molar-refractivity contribution is 5.74. The van der Waals surface area contributed by atoms with Crippen molar-refractivity contribution in [1.29, 1.82) is 0 Å². The van der Waals surface area contributed by atoms with Crippen LogP contribution in [0.1, 0.15) is 0 Å². The predicted octanol–water partition coefficient (Wildman–Crippen LogP) is 2.65. The molecule has 5 rings (SSSR count). The van der Waals surface area contributed by atoms with Crippen molar-refractivity contribution in [2.24, 2.45) is 0 Å². The number of para-hydroxylation sites is 4. The van der Waals surface area contributed by atoms with Crippen LogP contribution in [-0.4, -0.2) is 29.9 Å². The molecule has 0 aliphatic heterocycles. The van der Waals surface area contributed by atoms with E-state index in [0.717, 1.165) is 0 Å². The Bertz CT molecular complexity index is 1770. The van der Waals surface area contributed by atoms with Gasteiger partial charge in [0.05, 0.1) is 22.1 Å². The van der Waals surface area contributed by atoms with Gasteiger partial charge in [0.15, 0.2) is 0 Å². The molecule has 3 heterocycles. The molecule has 10 heteroatoms. The van der Waals surface area contributed by atoms with Gasteiger partial charge in [0.25, 0.3) is 22.2 Å². The van der Waals surface area contributed by atoms with Gasteiger partial charge < -0.3 is 19.9 Å². The molecule has 0 fully saturated rings. The molecule has 0 saturated carbocycles. The van der Waals surface area contributed by atoms with Gasteiger partial charge in [0, 0.05) is 0 Å². The fourth-order valence-electron chi connectivity index (χ4n) is 3.52. The van der Waals surface area contributed by atoms with Crippen molar-refractivity contribution in [2.75, 3.05) is 0 Å². The Morgan fingerprint density at radius 1 is 0.361 bits per heavy atom. The van der Waals surface area contributed by atoms with E-state index in [1.54, 1.807) is 48.5 Å². The Balaban J connectivity index is 2.04. The van der Waals surface area contributed by atoms with Gasteiger partial charge >= 0.3 is 0 Å². The molecule has 0 radical (unpaired) electrons. The highest BCUT2D eigenvalue weighted by Crippen LogP contribution is 2.04. The van der Waals surface area contributed by atoms with Gasteiger partial charge in [-0.2, -0.15) is 0 Å². The summed E-state index contributed by atoms with van der Waals surface area (Å²) in [5.74, 6) is 0. The van der Waals surface area contributed by atoms with Gasteiger partial charge in [-0.1, -0.05) is 36.4 Å². The topological polar surface area (TPSA) is 157 Å². The largest absolute Gasteiger partial charge is 0.319 e. The van der Waals surface area contributed by atoms with Crippen molar-refractivity contribution >= 4 is 44.1 Å². The van der Waals surface area contributed by atoms with Crippen LogP contribution in [0, 0.1) is 0 Å². The number of nitrogens with zero attached hydrogens (tertiary/aromatic N) is 2. The van der Waals surface area contributed by atoms with Crippen molar-refractivity contribution in [3.05, 3.63) is 126 Å². The summed E-state index contributed by atoms with van der Waals surface area (Å²) in [6, 6.07) is 22.1. The van der Waals surface area contributed by atoms with E-state index >= 15 is 0 Å². The molecule has 36 heavy (non-hydrogen) atoms. The van der Waals surface area contributed by atoms with Crippen LogP contribution < -0.4 is 22.2 Å². The second-order valence-electron chi connectivity index (χ2n) is 7.72. The summed E-state index contributed by atoms with van der Waals surface area (Å²) in [6.45, 7) is 0. The summed E-state index contributed by atoms with van der Waals surface area (Å²) >= 11 is 0. The first-order valence-corrected chi connectivity index (χ1v) is 10.9. The molecular formula is C26H18N6O4. The first-order valence-electron chi connectivity index (χ1n) is 10.9. The fourth-order valence-corrected chi connectivity index (χ4v) is 3.52. The Hall–Kier alpha value is -5.38. The number of nitrogens with one attached hydrogen (secondary N) is 4. The lowest BCUT2D eigenvalue weighted by Gasteiger charge is -1.95. The molecule has 0 aliphatic carbocycles. The quantitative estimate of drug-likeness (QED) is 0.268. The third-order valence-electron chi connectivity index (χ3n) is 5.28. The third-order valence-corrected chi connectivity index (χ3v) is 5.28. The number of rotatable bonds is 0. The van der Waals surface area contributed by atoms with E-state index in [2.05, 4.69) is 29.9 Å². The lowest BCUT2D eigenvalue weighted by Crippen LogP contribution is -2.11. The van der Waals surface area contributed by atoms with Crippen LogP contribution in [0.3, 0.4) is 0 Å². The zero-order chi connectivity index (χ0) is 25.1. The average molecular weight is 478 g/mol. The first kappa shape index (κ1) is 22.4. The van der Waals surface area contributed by atoms with Gasteiger partial charge in [-0.05, 0) is 48.5 Å². The van der Waals surface area contributed by atoms with E-state index in [0.29, 0.717) is 22.1 Å². The van der Waals surface area contributed by atoms with Crippen LogP contribution in [0.2, 0.25) is 0 Å². The Labute approximate surface area is 200 Å². The molecule has 0 spiro atoms. The predicted molar refractivity (Wildman–Crippen MR) is 139 cm³/mol. The lowest BCUT2D eigenvalue weighted by molar-refractivity contribution is 1.24. The number of benzene rings is 2. The summed E-state index contributed by atoms with van der Waals surface area (Å²) in [7, 11) is 0. The molecule has 0 unspecified atom stereocenters. The van der Waals surface area contributed by atoms with Crippen LogP contribution in [0.5, 0.6) is 0 Å². The van der Waals surface area contributed by atoms with E-state index in [9.17, 15) is 19.2 Å². The molecule has 4 bridgehead atoms. The maximum Gasteiger partial charge on any atom is 0.274 e. The van der Waals surface area contributed by atoms with E-state index in [1.807, 2.05) is 0 Å². The standard InChI is InChI=1S/C26H18N6O4/c33-23-19-11-5-13-21(27-19)25(35)31-17-9-3-4-10-18(17)32-26(36)22-14-6-12-20(28-22)24(34)30-16-8-2-1-7-15(16)29-23/h1-14H,(H,29,33)(H,30,34)(H,31,35)(H,32,36). The highest BCUT2D eigenvalue weighted by atomic mass is 16.1. The number of pyridine rings is 2. The maximum absolute atomic E-state index is 12.9. The number of aromatic amines is 4. The van der Waals surface area contributed by atoms with Crippen LogP contribution in [0.4, 0.5) is 0 Å². The molecular weight excluding hydrogens is 460 g/mol. The fraction of sp³-hybridized carbons (Fsp3) is 0. The molecule has 176 valence electrons. The van der Waals surface area contributed by atoms with Crippen molar-refractivity contribution in [3.63, 3.8) is 0 Å². The van der Waals surface area contributed by atoms with Gasteiger partial charge in [0.1, 0.15) is 22.1 Å². The van der Waals surface area contributed by atoms with E-state index in [-0.39, 0.29) is 22.1 Å². The normalized spacial score (nSPS) is 10.7. The summed E-state index contributed by atoms with van der Waals surface area (Å²) in [5.41, 5.74) is -1.01. The second-order valence-corrected chi connectivity index (χ2v) is 7.72. The lowest BCUT2D eigenvalue weighted by atomic mass is 10.3. The minimum Gasteiger partial charge on any atom is -0.319 e. The smallest absolute Gasteiger partial charge is 0.274 e. The Morgan fingerprint density at radius 3 is 0.861 bits per heavy atom. The molecule has 0 saturated heterocycles. The SMILES string of the molecule is O=c1[nH]c2ccccc2[nH]c(=O)c2cccc(n2)c(=O)[nH]c2ccccc2[nH]c(=O)c2cccc1n2. The summed E-state index contributed by atoms with van der Waals surface area (Å²) < 4.78 is 0. The molecule has 2 aromatic carbocycles. The summed E-state index contributed by atoms with van der Waals surface area (Å²) in [5, 5.41) is 0. The molecule has 0 atom stereocenters. The van der Waals surface area contributed by atoms with E-state index in [1.165, 1.54) is 36.4 Å². The van der Waals surface area contributed by atoms with Crippen molar-refractivity contribution in [2.45, 2.75) is 0 Å². The van der Waals surface area contributed by atoms with E-state index < -0.39 is 22.2 Å². The first-order chi connectivity index (χ1) is 17.5. The molecule has 0 amide bonds. The van der Waals surface area contributed by atoms with Gasteiger partial charge in [-0.3, -0.25) is 19.2 Å². The van der Waals surface area contributed by atoms with Gasteiger partial charge in [-0.25, -0.2) is 9.97 Å². The minimum absolute atomic E-state index is 0.000789. The van der Waals surface area contributed by atoms with Crippen molar-refractivity contribution < 1.29 is 0 Å². The van der Waals surface area contributed by atoms with Crippen molar-refractivity contribution in [3.8, 4) is 0 Å². The van der Waals surface area contributed by atoms with Gasteiger partial charge in [-0.15, -0.1) is 0 Å². The minimum atomic E-state index is -0.569. The Morgan fingerprint density at radius 2 is 0.611 bits per heavy atom. The van der Waals surface area contributed by atoms with E-state index in [4.69, 9.17) is 0 Å². The monoisotopic (exact) mass is 478 g/mol. The van der Waals surface area contributed by atoms with Crippen LogP contribution in [0.25, 0.3) is 44.1 Å². The number of H-pyrrole nitrogens is 4. The number of aromatic nitrogens is 6. The average Bonchev–Trinajstić information content (AvgIpc) is 2.90. The van der Waals surface area contributed by atoms with Crippen molar-refractivity contribution in [1.82, 2.24) is 29.9 Å². The molecule has 10 nitrogen and oxygen atoms in total. The third kappa shape index (κ3) is 4.64. The van der Waals surface area contributed by atoms with Crippen LogP contribution >= 0.6 is 0 Å². The molecule has 0 aliphatic rings. The summed E-state index contributed by atoms with van der Waals surface area (Å²) in [4.78, 5) is 70.9. The molecule has 5 aromatic rings. The Kier molecular flexibility index (Phi) is 5.90. The van der Waals surface area contributed by atoms with Gasteiger partial charge in [0.2, 0.25) is 0 Å². The second kappa shape index (κ2) is 9.47.